The SMILES string of the molecule is CCCCCCCCCCCCCCCCCCC[CH2][Sn+2][Br]. The summed E-state index contributed by atoms with van der Waals surface area (Å²) < 4.78 is 1.53. The third-order valence-corrected chi connectivity index (χ3v) is 8.83. The molecule has 0 saturated carbocycles. The van der Waals surface area contributed by atoms with Crippen LogP contribution in [0.15, 0.2) is 0 Å². The molecule has 0 unspecified atom stereocenters. The van der Waals surface area contributed by atoms with Gasteiger partial charge in [-0.3, -0.25) is 0 Å². The summed E-state index contributed by atoms with van der Waals surface area (Å²) in [5, 5.41) is 0. The second-order valence-electron chi connectivity index (χ2n) is 6.89. The zero-order valence-electron chi connectivity index (χ0n) is 15.3. The van der Waals surface area contributed by atoms with Crippen molar-refractivity contribution in [3.63, 3.8) is 0 Å². The van der Waals surface area contributed by atoms with Gasteiger partial charge in [0.05, 0.1) is 0 Å². The first-order valence-electron chi connectivity index (χ1n) is 10.2. The van der Waals surface area contributed by atoms with Crippen LogP contribution in [-0.2, 0) is 0 Å². The molecular formula is C20H41BrSn+2. The summed E-state index contributed by atoms with van der Waals surface area (Å²) in [7, 11) is 0. The molecule has 0 aliphatic heterocycles. The number of halogens is 1. The van der Waals surface area contributed by atoms with E-state index in [0.29, 0.717) is 0 Å². The Labute approximate surface area is 158 Å². The molecule has 0 bridgehead atoms. The quantitative estimate of drug-likeness (QED) is 0.129. The van der Waals surface area contributed by atoms with Gasteiger partial charge < -0.3 is 0 Å². The monoisotopic (exact) mass is 480 g/mol. The van der Waals surface area contributed by atoms with Crippen LogP contribution in [0, 0.1) is 0 Å². The fourth-order valence-corrected chi connectivity index (χ4v) is 6.07. The van der Waals surface area contributed by atoms with Gasteiger partial charge in [0.2, 0.25) is 0 Å². The first kappa shape index (κ1) is 23.3. The second-order valence-corrected chi connectivity index (χ2v) is 12.8. The minimum absolute atomic E-state index is 0.0706. The molecule has 0 N–H and O–H groups in total. The molecule has 0 amide bonds. The Morgan fingerprint density at radius 3 is 1.00 bits per heavy atom. The van der Waals surface area contributed by atoms with Gasteiger partial charge in [-0.05, 0) is 0 Å². The Bertz CT molecular complexity index is 165. The Balaban J connectivity index is 2.91. The number of hydrogen-bond donors (Lipinski definition) is 0. The zero-order chi connectivity index (χ0) is 16.1. The van der Waals surface area contributed by atoms with Gasteiger partial charge in [0, 0.05) is 0 Å². The van der Waals surface area contributed by atoms with Crippen molar-refractivity contribution in [2.45, 2.75) is 127 Å². The van der Waals surface area contributed by atoms with E-state index in [-0.39, 0.29) is 18.9 Å². The van der Waals surface area contributed by atoms with Crippen LogP contribution in [-0.4, -0.2) is 18.9 Å². The average molecular weight is 480 g/mol. The van der Waals surface area contributed by atoms with Crippen LogP contribution in [0.1, 0.15) is 122 Å². The molecule has 0 rings (SSSR count). The van der Waals surface area contributed by atoms with Crippen molar-refractivity contribution in [1.29, 1.82) is 0 Å². The molecule has 130 valence electrons. The Morgan fingerprint density at radius 1 is 0.455 bits per heavy atom. The van der Waals surface area contributed by atoms with Crippen molar-refractivity contribution < 1.29 is 0 Å². The molecule has 0 nitrogen and oxygen atoms in total. The molecule has 0 radical (unpaired) electrons. The topological polar surface area (TPSA) is 0 Å². The van der Waals surface area contributed by atoms with E-state index in [1.165, 1.54) is 120 Å². The van der Waals surface area contributed by atoms with Gasteiger partial charge in [0.15, 0.2) is 0 Å². The van der Waals surface area contributed by atoms with Gasteiger partial charge in [0.1, 0.15) is 0 Å². The fourth-order valence-electron chi connectivity index (χ4n) is 3.09. The van der Waals surface area contributed by atoms with Crippen molar-refractivity contribution in [3.8, 4) is 0 Å². The predicted octanol–water partition coefficient (Wildman–Crippen LogP) is 8.46. The molecule has 0 spiro atoms. The number of hydrogen-bond acceptors (Lipinski definition) is 0. The third-order valence-electron chi connectivity index (χ3n) is 4.62. The van der Waals surface area contributed by atoms with Crippen LogP contribution in [0.2, 0.25) is 4.44 Å². The van der Waals surface area contributed by atoms with E-state index in [1.807, 2.05) is 0 Å². The van der Waals surface area contributed by atoms with Crippen LogP contribution in [0.4, 0.5) is 0 Å². The first-order valence-corrected chi connectivity index (χ1v) is 18.7. The molecule has 0 heterocycles. The van der Waals surface area contributed by atoms with E-state index in [4.69, 9.17) is 0 Å². The Kier molecular flexibility index (Phi) is 23.6. The molecule has 0 aliphatic carbocycles. The van der Waals surface area contributed by atoms with E-state index in [1.54, 1.807) is 0 Å². The molecular weight excluding hydrogens is 439 g/mol. The Morgan fingerprint density at radius 2 is 0.727 bits per heavy atom. The van der Waals surface area contributed by atoms with Gasteiger partial charge in [-0.15, -0.1) is 0 Å². The zero-order valence-corrected chi connectivity index (χ0v) is 19.8. The van der Waals surface area contributed by atoms with Crippen molar-refractivity contribution >= 4 is 31.6 Å². The average Bonchev–Trinajstić information content (AvgIpc) is 2.54. The van der Waals surface area contributed by atoms with Gasteiger partial charge >= 0.3 is 107 Å². The standard InChI is InChI=1S/C20H41.BrH.Sn/c1-3-5-7-9-11-13-15-17-19-20-18-16-14-12-10-8-6-4-2;;/h1,3-20H2,2H3;1H;/q;;+3/p-1. The third kappa shape index (κ3) is 21.3. The summed E-state index contributed by atoms with van der Waals surface area (Å²) in [4.78, 5) is 0. The molecule has 0 saturated heterocycles. The van der Waals surface area contributed by atoms with Crippen molar-refractivity contribution in [3.05, 3.63) is 0 Å². The molecule has 22 heavy (non-hydrogen) atoms. The van der Waals surface area contributed by atoms with Crippen LogP contribution in [0.3, 0.4) is 0 Å². The van der Waals surface area contributed by atoms with E-state index in [9.17, 15) is 0 Å². The van der Waals surface area contributed by atoms with Crippen LogP contribution >= 0.6 is 12.7 Å². The molecule has 0 fully saturated rings. The molecule has 2 heteroatoms. The number of rotatable bonds is 19. The van der Waals surface area contributed by atoms with Crippen molar-refractivity contribution in [2.75, 3.05) is 0 Å². The van der Waals surface area contributed by atoms with Gasteiger partial charge in [-0.25, -0.2) is 0 Å². The van der Waals surface area contributed by atoms with E-state index >= 15 is 0 Å². The van der Waals surface area contributed by atoms with Crippen LogP contribution in [0.25, 0.3) is 0 Å². The van der Waals surface area contributed by atoms with E-state index in [2.05, 4.69) is 19.6 Å². The fraction of sp³-hybridized carbons (Fsp3) is 1.00. The summed E-state index contributed by atoms with van der Waals surface area (Å²) >= 11 is 3.60. The number of unbranched alkanes of at least 4 members (excludes halogenated alkanes) is 17. The first-order chi connectivity index (χ1) is 10.9. The van der Waals surface area contributed by atoms with Crippen molar-refractivity contribution in [1.82, 2.24) is 0 Å². The summed E-state index contributed by atoms with van der Waals surface area (Å²) in [6.07, 6.45) is 26.6. The summed E-state index contributed by atoms with van der Waals surface area (Å²) in [6.45, 7) is 2.30. The summed E-state index contributed by atoms with van der Waals surface area (Å²) in [5.74, 6) is 0. The maximum atomic E-state index is 3.67. The van der Waals surface area contributed by atoms with Gasteiger partial charge in [-0.1, -0.05) is 51.9 Å². The normalized spacial score (nSPS) is 10.8. The molecule has 0 aromatic carbocycles. The van der Waals surface area contributed by atoms with Crippen molar-refractivity contribution in [2.24, 2.45) is 0 Å². The summed E-state index contributed by atoms with van der Waals surface area (Å²) in [6, 6.07) is 0. The van der Waals surface area contributed by atoms with E-state index < -0.39 is 0 Å². The van der Waals surface area contributed by atoms with Gasteiger partial charge in [-0.2, -0.15) is 0 Å². The van der Waals surface area contributed by atoms with E-state index in [0.717, 1.165) is 0 Å². The van der Waals surface area contributed by atoms with Crippen LogP contribution in [0.5, 0.6) is 0 Å². The summed E-state index contributed by atoms with van der Waals surface area (Å²) in [5.41, 5.74) is 0. The Hall–Kier alpha value is 1.28. The van der Waals surface area contributed by atoms with Crippen LogP contribution < -0.4 is 0 Å². The molecule has 0 aliphatic rings. The van der Waals surface area contributed by atoms with Gasteiger partial charge in [0.25, 0.3) is 0 Å². The molecule has 0 aromatic heterocycles. The molecule has 0 aromatic rings. The maximum absolute atomic E-state index is 3.67. The minimum atomic E-state index is -0.0706. The second kappa shape index (κ2) is 22.3. The molecule has 0 atom stereocenters. The predicted molar refractivity (Wildman–Crippen MR) is 108 cm³/mol.